The summed E-state index contributed by atoms with van der Waals surface area (Å²) in [6.45, 7) is 6.72. The molecule has 7 heteroatoms. The number of benzene rings is 2. The Hall–Kier alpha value is -2.90. The van der Waals surface area contributed by atoms with Gasteiger partial charge >= 0.3 is 0 Å². The second kappa shape index (κ2) is 9.94. The number of aromatic nitrogens is 2. The highest BCUT2D eigenvalue weighted by atomic mass is 19.1. The van der Waals surface area contributed by atoms with E-state index in [-0.39, 0.29) is 0 Å². The van der Waals surface area contributed by atoms with Crippen LogP contribution in [0.3, 0.4) is 0 Å². The molecular formula is C24H27F2N5. The van der Waals surface area contributed by atoms with E-state index >= 15 is 0 Å². The van der Waals surface area contributed by atoms with Gasteiger partial charge in [-0.1, -0.05) is 18.2 Å². The summed E-state index contributed by atoms with van der Waals surface area (Å²) in [4.78, 5) is 11.3. The molecule has 5 nitrogen and oxygen atoms in total. The van der Waals surface area contributed by atoms with Crippen LogP contribution in [0.5, 0.6) is 0 Å². The second-order valence-electron chi connectivity index (χ2n) is 8.01. The molecule has 4 rings (SSSR count). The number of anilines is 1. The van der Waals surface area contributed by atoms with Gasteiger partial charge in [-0.15, -0.1) is 0 Å². The second-order valence-corrected chi connectivity index (χ2v) is 8.01. The van der Waals surface area contributed by atoms with Crippen LogP contribution in [0.1, 0.15) is 18.1 Å². The highest BCUT2D eigenvalue weighted by molar-refractivity contribution is 5.60. The lowest BCUT2D eigenvalue weighted by Crippen LogP contribution is -2.48. The summed E-state index contributed by atoms with van der Waals surface area (Å²) in [5, 5.41) is 6.62. The normalized spacial score (nSPS) is 16.9. The largest absolute Gasteiger partial charge is 0.354 e. The molecule has 1 aliphatic heterocycles. The molecule has 0 saturated carbocycles. The third-order valence-corrected chi connectivity index (χ3v) is 5.36. The van der Waals surface area contributed by atoms with E-state index in [9.17, 15) is 8.78 Å². The quantitative estimate of drug-likeness (QED) is 0.604. The van der Waals surface area contributed by atoms with Crippen LogP contribution in [-0.2, 0) is 13.0 Å². The predicted molar refractivity (Wildman–Crippen MR) is 119 cm³/mol. The first kappa shape index (κ1) is 21.3. The fraction of sp³-hybridized carbons (Fsp3) is 0.333. The Morgan fingerprint density at radius 3 is 2.74 bits per heavy atom. The minimum absolute atomic E-state index is 0.473. The van der Waals surface area contributed by atoms with E-state index in [0.717, 1.165) is 43.5 Å². The molecule has 1 atom stereocenters. The molecule has 0 radical (unpaired) electrons. The van der Waals surface area contributed by atoms with Crippen LogP contribution >= 0.6 is 0 Å². The molecule has 1 fully saturated rings. The zero-order valence-corrected chi connectivity index (χ0v) is 17.6. The highest BCUT2D eigenvalue weighted by Gasteiger charge is 2.15. The fourth-order valence-corrected chi connectivity index (χ4v) is 3.92. The average Bonchev–Trinajstić information content (AvgIpc) is 2.74. The number of nitrogens with one attached hydrogen (secondary N) is 2. The van der Waals surface area contributed by atoms with Gasteiger partial charge in [-0.3, -0.25) is 4.90 Å². The summed E-state index contributed by atoms with van der Waals surface area (Å²) in [5.74, 6) is -0.637. The molecule has 1 aliphatic rings. The van der Waals surface area contributed by atoms with Gasteiger partial charge in [0, 0.05) is 56.6 Å². The van der Waals surface area contributed by atoms with Crippen LogP contribution < -0.4 is 10.6 Å². The van der Waals surface area contributed by atoms with Gasteiger partial charge in [0.05, 0.1) is 5.69 Å². The summed E-state index contributed by atoms with van der Waals surface area (Å²) in [6.07, 6.45) is 2.19. The number of hydrogen-bond donors (Lipinski definition) is 2. The monoisotopic (exact) mass is 423 g/mol. The van der Waals surface area contributed by atoms with Crippen molar-refractivity contribution in [2.24, 2.45) is 0 Å². The van der Waals surface area contributed by atoms with Gasteiger partial charge < -0.3 is 10.6 Å². The summed E-state index contributed by atoms with van der Waals surface area (Å²) in [6, 6.07) is 14.4. The van der Waals surface area contributed by atoms with E-state index in [1.165, 1.54) is 17.7 Å². The third-order valence-electron chi connectivity index (χ3n) is 5.36. The number of hydrogen-bond acceptors (Lipinski definition) is 5. The maximum absolute atomic E-state index is 13.3. The molecule has 0 unspecified atom stereocenters. The Bertz CT molecular complexity index is 1010. The van der Waals surface area contributed by atoms with Gasteiger partial charge in [0.15, 0.2) is 0 Å². The number of halogens is 2. The molecule has 0 amide bonds. The summed E-state index contributed by atoms with van der Waals surface area (Å²) < 4.78 is 26.7. The Kier molecular flexibility index (Phi) is 6.84. The summed E-state index contributed by atoms with van der Waals surface area (Å²) >= 11 is 0. The maximum atomic E-state index is 13.3. The smallest absolute Gasteiger partial charge is 0.223 e. The lowest BCUT2D eigenvalue weighted by atomic mass is 10.1. The molecule has 2 N–H and O–H groups in total. The summed E-state index contributed by atoms with van der Waals surface area (Å²) in [7, 11) is 0. The van der Waals surface area contributed by atoms with E-state index in [4.69, 9.17) is 0 Å². The van der Waals surface area contributed by atoms with Crippen molar-refractivity contribution < 1.29 is 8.78 Å². The van der Waals surface area contributed by atoms with Crippen LogP contribution in [-0.4, -0.2) is 47.1 Å². The van der Waals surface area contributed by atoms with Crippen molar-refractivity contribution >= 4 is 5.95 Å². The van der Waals surface area contributed by atoms with E-state index in [1.54, 1.807) is 6.20 Å². The number of piperazine rings is 1. The molecule has 0 bridgehead atoms. The van der Waals surface area contributed by atoms with Gasteiger partial charge in [-0.25, -0.2) is 18.7 Å². The zero-order valence-electron chi connectivity index (χ0n) is 17.6. The van der Waals surface area contributed by atoms with E-state index in [1.807, 2.05) is 12.1 Å². The fourth-order valence-electron chi connectivity index (χ4n) is 3.92. The standard InChI is InChI=1S/C24H27F2N5/c1-17-15-31(10-9-27-17)16-19-3-2-4-20(11-19)23-6-8-29-24(30-23)28-7-5-18-12-21(25)14-22(26)13-18/h2-4,6,8,11-14,17,27H,5,7,9-10,15-16H2,1H3,(H,28,29,30)/t17-/m1/s1. The van der Waals surface area contributed by atoms with Gasteiger partial charge in [-0.05, 0) is 48.7 Å². The van der Waals surface area contributed by atoms with E-state index < -0.39 is 11.6 Å². The Morgan fingerprint density at radius 1 is 1.10 bits per heavy atom. The molecule has 1 aromatic heterocycles. The van der Waals surface area contributed by atoms with Crippen molar-refractivity contribution in [2.45, 2.75) is 25.9 Å². The first-order valence-electron chi connectivity index (χ1n) is 10.6. The molecule has 162 valence electrons. The minimum atomic E-state index is -0.566. The Labute approximate surface area is 181 Å². The SMILES string of the molecule is C[C@@H]1CN(Cc2cccc(-c3ccnc(NCCc4cc(F)cc(F)c4)n3)c2)CCN1. The predicted octanol–water partition coefficient (Wildman–Crippen LogP) is 3.87. The Balaban J connectivity index is 1.39. The highest BCUT2D eigenvalue weighted by Crippen LogP contribution is 2.20. The molecular weight excluding hydrogens is 396 g/mol. The molecule has 0 spiro atoms. The molecule has 3 aromatic rings. The minimum Gasteiger partial charge on any atom is -0.354 e. The third kappa shape index (κ3) is 6.06. The average molecular weight is 424 g/mol. The van der Waals surface area contributed by atoms with Crippen LogP contribution in [0, 0.1) is 11.6 Å². The van der Waals surface area contributed by atoms with Crippen molar-refractivity contribution in [3.05, 3.63) is 77.5 Å². The zero-order chi connectivity index (χ0) is 21.6. The summed E-state index contributed by atoms with van der Waals surface area (Å²) in [5.41, 5.74) is 3.73. The van der Waals surface area contributed by atoms with Gasteiger partial charge in [0.25, 0.3) is 0 Å². The Morgan fingerprint density at radius 2 is 1.94 bits per heavy atom. The van der Waals surface area contributed by atoms with Crippen molar-refractivity contribution in [2.75, 3.05) is 31.5 Å². The van der Waals surface area contributed by atoms with E-state index in [0.29, 0.717) is 30.5 Å². The molecule has 0 aliphatic carbocycles. The van der Waals surface area contributed by atoms with Gasteiger partial charge in [0.2, 0.25) is 5.95 Å². The molecule has 1 saturated heterocycles. The van der Waals surface area contributed by atoms with Crippen LogP contribution in [0.4, 0.5) is 14.7 Å². The lowest BCUT2D eigenvalue weighted by Gasteiger charge is -2.31. The lowest BCUT2D eigenvalue weighted by molar-refractivity contribution is 0.199. The van der Waals surface area contributed by atoms with Crippen LogP contribution in [0.15, 0.2) is 54.7 Å². The van der Waals surface area contributed by atoms with Crippen molar-refractivity contribution in [1.29, 1.82) is 0 Å². The first-order chi connectivity index (χ1) is 15.0. The number of nitrogens with zero attached hydrogens (tertiary/aromatic N) is 3. The van der Waals surface area contributed by atoms with Gasteiger partial charge in [-0.2, -0.15) is 0 Å². The number of rotatable bonds is 7. The van der Waals surface area contributed by atoms with Gasteiger partial charge in [0.1, 0.15) is 11.6 Å². The maximum Gasteiger partial charge on any atom is 0.223 e. The first-order valence-corrected chi connectivity index (χ1v) is 10.6. The molecule has 2 aromatic carbocycles. The molecule has 2 heterocycles. The van der Waals surface area contributed by atoms with Crippen LogP contribution in [0.2, 0.25) is 0 Å². The van der Waals surface area contributed by atoms with Crippen molar-refractivity contribution in [3.8, 4) is 11.3 Å². The molecule has 31 heavy (non-hydrogen) atoms. The van der Waals surface area contributed by atoms with Crippen molar-refractivity contribution in [1.82, 2.24) is 20.2 Å². The van der Waals surface area contributed by atoms with E-state index in [2.05, 4.69) is 50.6 Å². The topological polar surface area (TPSA) is 53.1 Å². The van der Waals surface area contributed by atoms with Crippen LogP contribution in [0.25, 0.3) is 11.3 Å². The van der Waals surface area contributed by atoms with Crippen molar-refractivity contribution in [3.63, 3.8) is 0 Å².